The van der Waals surface area contributed by atoms with Gasteiger partial charge in [0.1, 0.15) is 5.82 Å². The molecule has 1 aromatic heterocycles. The SMILES string of the molecule is CC(NC(=O)c1ccc(-c2ccc(F)cc2)s1)c1ccc(NC(=O)C2CC2)cc1. The van der Waals surface area contributed by atoms with Crippen molar-refractivity contribution in [1.82, 2.24) is 5.32 Å². The lowest BCUT2D eigenvalue weighted by molar-refractivity contribution is -0.117. The summed E-state index contributed by atoms with van der Waals surface area (Å²) in [6.45, 7) is 1.92. The standard InChI is InChI=1S/C23H21FN2O2S/c1-14(15-6-10-19(11-7-15)26-22(27)17-2-3-17)25-23(28)21-13-12-20(29-21)16-4-8-18(24)9-5-16/h4-14,17H,2-3H2,1H3,(H,25,28)(H,26,27). The molecule has 4 nitrogen and oxygen atoms in total. The van der Waals surface area contributed by atoms with Gasteiger partial charge in [-0.05, 0) is 67.3 Å². The first-order valence-electron chi connectivity index (χ1n) is 9.57. The molecule has 4 rings (SSSR count). The molecule has 1 atom stereocenters. The fourth-order valence-corrected chi connectivity index (χ4v) is 3.94. The highest BCUT2D eigenvalue weighted by Crippen LogP contribution is 2.31. The highest BCUT2D eigenvalue weighted by atomic mass is 32.1. The monoisotopic (exact) mass is 408 g/mol. The third-order valence-electron chi connectivity index (χ3n) is 4.93. The molecule has 1 unspecified atom stereocenters. The third kappa shape index (κ3) is 4.71. The van der Waals surface area contributed by atoms with Crippen molar-refractivity contribution in [2.75, 3.05) is 5.32 Å². The summed E-state index contributed by atoms with van der Waals surface area (Å²) in [4.78, 5) is 26.0. The fraction of sp³-hybridized carbons (Fsp3) is 0.217. The van der Waals surface area contributed by atoms with Crippen LogP contribution in [-0.2, 0) is 4.79 Å². The van der Waals surface area contributed by atoms with Crippen molar-refractivity contribution in [2.45, 2.75) is 25.8 Å². The Morgan fingerprint density at radius 3 is 2.34 bits per heavy atom. The topological polar surface area (TPSA) is 58.2 Å². The second kappa shape index (κ2) is 8.17. The molecule has 0 radical (unpaired) electrons. The first kappa shape index (κ1) is 19.3. The zero-order valence-corrected chi connectivity index (χ0v) is 16.8. The van der Waals surface area contributed by atoms with Gasteiger partial charge < -0.3 is 10.6 Å². The van der Waals surface area contributed by atoms with Gasteiger partial charge in [0.05, 0.1) is 10.9 Å². The lowest BCUT2D eigenvalue weighted by Crippen LogP contribution is -2.25. The van der Waals surface area contributed by atoms with E-state index in [-0.39, 0.29) is 29.6 Å². The van der Waals surface area contributed by atoms with E-state index in [4.69, 9.17) is 0 Å². The molecule has 0 spiro atoms. The van der Waals surface area contributed by atoms with Crippen molar-refractivity contribution in [1.29, 1.82) is 0 Å². The molecule has 6 heteroatoms. The van der Waals surface area contributed by atoms with Crippen LogP contribution in [0.3, 0.4) is 0 Å². The van der Waals surface area contributed by atoms with Crippen LogP contribution >= 0.6 is 11.3 Å². The average Bonchev–Trinajstić information content (AvgIpc) is 3.46. The largest absolute Gasteiger partial charge is 0.345 e. The van der Waals surface area contributed by atoms with Gasteiger partial charge in [-0.3, -0.25) is 9.59 Å². The van der Waals surface area contributed by atoms with Crippen molar-refractivity contribution in [3.8, 4) is 10.4 Å². The lowest BCUT2D eigenvalue weighted by Gasteiger charge is -2.14. The number of carbonyl (C=O) groups is 2. The smallest absolute Gasteiger partial charge is 0.261 e. The van der Waals surface area contributed by atoms with E-state index in [1.54, 1.807) is 18.2 Å². The highest BCUT2D eigenvalue weighted by Gasteiger charge is 2.29. The summed E-state index contributed by atoms with van der Waals surface area (Å²) < 4.78 is 13.1. The Morgan fingerprint density at radius 1 is 1.00 bits per heavy atom. The van der Waals surface area contributed by atoms with Gasteiger partial charge in [-0.2, -0.15) is 0 Å². The van der Waals surface area contributed by atoms with Crippen LogP contribution in [0.25, 0.3) is 10.4 Å². The normalized spacial score (nSPS) is 14.3. The molecule has 29 heavy (non-hydrogen) atoms. The number of nitrogens with one attached hydrogen (secondary N) is 2. The molecular formula is C23H21FN2O2S. The van der Waals surface area contributed by atoms with Gasteiger partial charge in [-0.1, -0.05) is 24.3 Å². The Labute approximate surface area is 172 Å². The lowest BCUT2D eigenvalue weighted by atomic mass is 10.1. The predicted octanol–water partition coefficient (Wildman–Crippen LogP) is 5.39. The summed E-state index contributed by atoms with van der Waals surface area (Å²) in [5, 5.41) is 5.91. The molecule has 0 saturated heterocycles. The van der Waals surface area contributed by atoms with Crippen molar-refractivity contribution in [3.63, 3.8) is 0 Å². The number of halogens is 1. The van der Waals surface area contributed by atoms with E-state index in [2.05, 4.69) is 10.6 Å². The first-order chi connectivity index (χ1) is 14.0. The number of benzene rings is 2. The number of hydrogen-bond donors (Lipinski definition) is 2. The van der Waals surface area contributed by atoms with Gasteiger partial charge in [0.2, 0.25) is 5.91 Å². The van der Waals surface area contributed by atoms with Crippen LogP contribution in [0, 0.1) is 11.7 Å². The van der Waals surface area contributed by atoms with Gasteiger partial charge in [-0.25, -0.2) is 4.39 Å². The van der Waals surface area contributed by atoms with Crippen LogP contribution < -0.4 is 10.6 Å². The van der Waals surface area contributed by atoms with Crippen LogP contribution in [0.4, 0.5) is 10.1 Å². The summed E-state index contributed by atoms with van der Waals surface area (Å²) in [5.41, 5.74) is 2.61. The van der Waals surface area contributed by atoms with Crippen LogP contribution in [0.2, 0.25) is 0 Å². The maximum atomic E-state index is 13.1. The highest BCUT2D eigenvalue weighted by molar-refractivity contribution is 7.17. The molecular weight excluding hydrogens is 387 g/mol. The molecule has 1 aliphatic rings. The Hall–Kier alpha value is -2.99. The number of carbonyl (C=O) groups excluding carboxylic acids is 2. The summed E-state index contributed by atoms with van der Waals surface area (Å²) >= 11 is 1.37. The van der Waals surface area contributed by atoms with Crippen LogP contribution in [0.1, 0.15) is 41.0 Å². The van der Waals surface area contributed by atoms with Gasteiger partial charge >= 0.3 is 0 Å². The zero-order chi connectivity index (χ0) is 20.4. The van der Waals surface area contributed by atoms with Gasteiger partial charge in [0, 0.05) is 16.5 Å². The van der Waals surface area contributed by atoms with E-state index in [0.29, 0.717) is 4.88 Å². The molecule has 3 aromatic rings. The maximum absolute atomic E-state index is 13.1. The number of rotatable bonds is 6. The van der Waals surface area contributed by atoms with E-state index in [9.17, 15) is 14.0 Å². The summed E-state index contributed by atoms with van der Waals surface area (Å²) in [6, 6.07) is 17.2. The second-order valence-electron chi connectivity index (χ2n) is 7.25. The van der Waals surface area contributed by atoms with E-state index >= 15 is 0 Å². The predicted molar refractivity (Wildman–Crippen MR) is 113 cm³/mol. The Balaban J connectivity index is 1.37. The van der Waals surface area contributed by atoms with Crippen molar-refractivity contribution in [2.24, 2.45) is 5.92 Å². The number of amides is 2. The van der Waals surface area contributed by atoms with E-state index in [0.717, 1.165) is 34.5 Å². The summed E-state index contributed by atoms with van der Waals surface area (Å²) in [5.74, 6) is -0.190. The second-order valence-corrected chi connectivity index (χ2v) is 8.34. The quantitative estimate of drug-likeness (QED) is 0.574. The Morgan fingerprint density at radius 2 is 1.69 bits per heavy atom. The van der Waals surface area contributed by atoms with Crippen molar-refractivity contribution >= 4 is 28.8 Å². The van der Waals surface area contributed by atoms with Crippen LogP contribution in [-0.4, -0.2) is 11.8 Å². The summed E-state index contributed by atoms with van der Waals surface area (Å²) in [6.07, 6.45) is 1.94. The number of thiophene rings is 1. The molecule has 2 amide bonds. The summed E-state index contributed by atoms with van der Waals surface area (Å²) in [7, 11) is 0. The Kier molecular flexibility index (Phi) is 5.45. The Bertz CT molecular complexity index is 1020. The number of anilines is 1. The minimum atomic E-state index is -0.282. The molecule has 1 heterocycles. The molecule has 1 fully saturated rings. The molecule has 2 N–H and O–H groups in total. The zero-order valence-electron chi connectivity index (χ0n) is 15.9. The fourth-order valence-electron chi connectivity index (χ4n) is 3.03. The number of hydrogen-bond acceptors (Lipinski definition) is 3. The minimum Gasteiger partial charge on any atom is -0.345 e. The molecule has 148 valence electrons. The van der Waals surface area contributed by atoms with E-state index in [1.807, 2.05) is 37.3 Å². The third-order valence-corrected chi connectivity index (χ3v) is 6.07. The maximum Gasteiger partial charge on any atom is 0.261 e. The molecule has 1 saturated carbocycles. The van der Waals surface area contributed by atoms with Gasteiger partial charge in [-0.15, -0.1) is 11.3 Å². The minimum absolute atomic E-state index is 0.0776. The van der Waals surface area contributed by atoms with Crippen molar-refractivity contribution in [3.05, 3.63) is 76.9 Å². The molecule has 0 bridgehead atoms. The van der Waals surface area contributed by atoms with Gasteiger partial charge in [0.15, 0.2) is 0 Å². The average molecular weight is 408 g/mol. The van der Waals surface area contributed by atoms with E-state index in [1.165, 1.54) is 23.5 Å². The molecule has 1 aliphatic carbocycles. The van der Waals surface area contributed by atoms with Crippen LogP contribution in [0.15, 0.2) is 60.7 Å². The molecule has 0 aliphatic heterocycles. The van der Waals surface area contributed by atoms with Gasteiger partial charge in [0.25, 0.3) is 5.91 Å². The van der Waals surface area contributed by atoms with Crippen molar-refractivity contribution < 1.29 is 14.0 Å². The van der Waals surface area contributed by atoms with Crippen LogP contribution in [0.5, 0.6) is 0 Å². The molecule has 2 aromatic carbocycles. The first-order valence-corrected chi connectivity index (χ1v) is 10.4. The van der Waals surface area contributed by atoms with E-state index < -0.39 is 0 Å².